The molecule has 0 aliphatic carbocycles. The molecule has 0 saturated heterocycles. The molecular weight excluding hydrogens is 250 g/mol. The SMILES string of the molecule is CCC1=Nc2ccc3c(c(N)cn3N)c2CN1C(C)C. The molecule has 1 aliphatic rings. The quantitative estimate of drug-likeness (QED) is 0.825. The van der Waals surface area contributed by atoms with E-state index >= 15 is 0 Å². The van der Waals surface area contributed by atoms with Gasteiger partial charge in [-0.3, -0.25) is 4.68 Å². The number of nitrogens with two attached hydrogens (primary N) is 2. The monoisotopic (exact) mass is 271 g/mol. The van der Waals surface area contributed by atoms with Crippen molar-refractivity contribution in [1.29, 1.82) is 0 Å². The molecule has 4 N–H and O–H groups in total. The van der Waals surface area contributed by atoms with Gasteiger partial charge in [-0.1, -0.05) is 6.92 Å². The van der Waals surface area contributed by atoms with Gasteiger partial charge >= 0.3 is 0 Å². The molecule has 1 aliphatic heterocycles. The van der Waals surface area contributed by atoms with Crippen molar-refractivity contribution < 1.29 is 0 Å². The summed E-state index contributed by atoms with van der Waals surface area (Å²) >= 11 is 0. The minimum absolute atomic E-state index is 0.415. The Morgan fingerprint density at radius 2 is 2.10 bits per heavy atom. The fourth-order valence-electron chi connectivity index (χ4n) is 2.94. The van der Waals surface area contributed by atoms with Gasteiger partial charge in [0.15, 0.2) is 0 Å². The molecule has 2 aromatic rings. The van der Waals surface area contributed by atoms with E-state index in [4.69, 9.17) is 16.6 Å². The lowest BCUT2D eigenvalue weighted by Crippen LogP contribution is -2.37. The van der Waals surface area contributed by atoms with E-state index in [0.717, 1.165) is 41.1 Å². The second-order valence-electron chi connectivity index (χ2n) is 5.55. The van der Waals surface area contributed by atoms with Crippen LogP contribution in [0.15, 0.2) is 23.3 Å². The second-order valence-corrected chi connectivity index (χ2v) is 5.55. The number of anilines is 1. The number of nitrogens with zero attached hydrogens (tertiary/aromatic N) is 3. The van der Waals surface area contributed by atoms with Crippen LogP contribution in [0.2, 0.25) is 0 Å². The van der Waals surface area contributed by atoms with Gasteiger partial charge < -0.3 is 16.5 Å². The van der Waals surface area contributed by atoms with E-state index in [2.05, 4.69) is 25.7 Å². The Morgan fingerprint density at radius 1 is 1.35 bits per heavy atom. The van der Waals surface area contributed by atoms with Crippen molar-refractivity contribution in [1.82, 2.24) is 9.58 Å². The lowest BCUT2D eigenvalue weighted by atomic mass is 10.0. The Balaban J connectivity index is 2.25. The lowest BCUT2D eigenvalue weighted by molar-refractivity contribution is 0.334. The first-order chi connectivity index (χ1) is 9.52. The molecule has 1 aromatic heterocycles. The molecule has 0 saturated carbocycles. The van der Waals surface area contributed by atoms with Crippen molar-refractivity contribution in [2.24, 2.45) is 4.99 Å². The fourth-order valence-corrected chi connectivity index (χ4v) is 2.94. The summed E-state index contributed by atoms with van der Waals surface area (Å²) in [4.78, 5) is 7.13. The molecule has 0 radical (unpaired) electrons. The Hall–Kier alpha value is -2.17. The van der Waals surface area contributed by atoms with Gasteiger partial charge in [0.05, 0.1) is 16.9 Å². The highest BCUT2D eigenvalue weighted by atomic mass is 15.3. The normalized spacial score (nSPS) is 14.8. The highest BCUT2D eigenvalue weighted by Crippen LogP contribution is 2.37. The van der Waals surface area contributed by atoms with E-state index in [1.807, 2.05) is 12.1 Å². The fraction of sp³-hybridized carbons (Fsp3) is 0.400. The second kappa shape index (κ2) is 4.44. The van der Waals surface area contributed by atoms with Crippen LogP contribution in [0.1, 0.15) is 32.8 Å². The van der Waals surface area contributed by atoms with E-state index in [1.54, 1.807) is 10.9 Å². The highest BCUT2D eigenvalue weighted by molar-refractivity contribution is 6.00. The van der Waals surface area contributed by atoms with Crippen LogP contribution in [0.3, 0.4) is 0 Å². The molecule has 106 valence electrons. The summed E-state index contributed by atoms with van der Waals surface area (Å²) in [6, 6.07) is 4.44. The summed E-state index contributed by atoms with van der Waals surface area (Å²) in [5.41, 5.74) is 9.99. The van der Waals surface area contributed by atoms with Crippen molar-refractivity contribution in [2.45, 2.75) is 39.8 Å². The van der Waals surface area contributed by atoms with Crippen LogP contribution >= 0.6 is 0 Å². The summed E-state index contributed by atoms with van der Waals surface area (Å²) in [5.74, 6) is 7.08. The lowest BCUT2D eigenvalue weighted by Gasteiger charge is -2.34. The first-order valence-electron chi connectivity index (χ1n) is 7.04. The Kier molecular flexibility index (Phi) is 2.85. The number of aromatic nitrogens is 1. The largest absolute Gasteiger partial charge is 0.397 e. The van der Waals surface area contributed by atoms with Crippen molar-refractivity contribution in [2.75, 3.05) is 11.6 Å². The van der Waals surface area contributed by atoms with E-state index < -0.39 is 0 Å². The average Bonchev–Trinajstić information content (AvgIpc) is 2.72. The van der Waals surface area contributed by atoms with Crippen LogP contribution in [0.4, 0.5) is 11.4 Å². The van der Waals surface area contributed by atoms with Crippen LogP contribution in [0.5, 0.6) is 0 Å². The van der Waals surface area contributed by atoms with Crippen LogP contribution < -0.4 is 11.6 Å². The highest BCUT2D eigenvalue weighted by Gasteiger charge is 2.24. The van der Waals surface area contributed by atoms with Gasteiger partial charge in [0.1, 0.15) is 5.84 Å². The van der Waals surface area contributed by atoms with Crippen LogP contribution in [0.25, 0.3) is 10.9 Å². The molecule has 0 bridgehead atoms. The van der Waals surface area contributed by atoms with E-state index in [0.29, 0.717) is 6.04 Å². The Morgan fingerprint density at radius 3 is 2.75 bits per heavy atom. The smallest absolute Gasteiger partial charge is 0.105 e. The minimum atomic E-state index is 0.415. The third-order valence-corrected chi connectivity index (χ3v) is 3.96. The number of aliphatic imine (C=N–C) groups is 1. The summed E-state index contributed by atoms with van der Waals surface area (Å²) in [5, 5.41) is 1.04. The van der Waals surface area contributed by atoms with Crippen molar-refractivity contribution in [3.63, 3.8) is 0 Å². The third-order valence-electron chi connectivity index (χ3n) is 3.96. The van der Waals surface area contributed by atoms with E-state index in [-0.39, 0.29) is 0 Å². The number of rotatable bonds is 2. The number of hydrogen-bond donors (Lipinski definition) is 2. The molecule has 5 nitrogen and oxygen atoms in total. The first-order valence-corrected chi connectivity index (χ1v) is 7.04. The van der Waals surface area contributed by atoms with Crippen LogP contribution in [0, 0.1) is 0 Å². The molecule has 20 heavy (non-hydrogen) atoms. The maximum absolute atomic E-state index is 6.12. The van der Waals surface area contributed by atoms with Gasteiger partial charge in [-0.05, 0) is 26.0 Å². The van der Waals surface area contributed by atoms with Gasteiger partial charge in [0, 0.05) is 36.2 Å². The summed E-state index contributed by atoms with van der Waals surface area (Å²) in [6.07, 6.45) is 2.70. The van der Waals surface area contributed by atoms with Crippen LogP contribution in [-0.4, -0.2) is 21.5 Å². The van der Waals surface area contributed by atoms with Crippen LogP contribution in [-0.2, 0) is 6.54 Å². The molecule has 0 atom stereocenters. The minimum Gasteiger partial charge on any atom is -0.397 e. The number of benzene rings is 1. The number of amidine groups is 1. The molecule has 2 heterocycles. The van der Waals surface area contributed by atoms with Crippen molar-refractivity contribution >= 4 is 28.1 Å². The van der Waals surface area contributed by atoms with Gasteiger partial charge in [0.2, 0.25) is 0 Å². The van der Waals surface area contributed by atoms with Crippen molar-refractivity contribution in [3.05, 3.63) is 23.9 Å². The van der Waals surface area contributed by atoms with Gasteiger partial charge in [0.25, 0.3) is 0 Å². The van der Waals surface area contributed by atoms with Gasteiger partial charge in [-0.2, -0.15) is 0 Å². The van der Waals surface area contributed by atoms with Gasteiger partial charge in [-0.25, -0.2) is 4.99 Å². The number of fused-ring (bicyclic) bond motifs is 3. The molecule has 0 spiro atoms. The summed E-state index contributed by atoms with van der Waals surface area (Å²) < 4.78 is 1.59. The predicted octanol–water partition coefficient (Wildman–Crippen LogP) is 2.60. The molecule has 3 rings (SSSR count). The zero-order chi connectivity index (χ0) is 14.4. The summed E-state index contributed by atoms with van der Waals surface area (Å²) in [6.45, 7) is 7.36. The average molecular weight is 271 g/mol. The Bertz CT molecular complexity index is 696. The predicted molar refractivity (Wildman–Crippen MR) is 84.6 cm³/mol. The number of hydrogen-bond acceptors (Lipinski definition) is 4. The molecule has 5 heteroatoms. The summed E-state index contributed by atoms with van der Waals surface area (Å²) in [7, 11) is 0. The zero-order valence-corrected chi connectivity index (χ0v) is 12.2. The molecule has 0 fully saturated rings. The molecule has 0 amide bonds. The maximum Gasteiger partial charge on any atom is 0.105 e. The standard InChI is InChI=1S/C15H21N5/c1-4-14-18-12-5-6-13-15(11(16)8-20(13)17)10(12)7-19(14)9(2)3/h5-6,8-9H,4,7,16-17H2,1-3H3. The zero-order valence-electron chi connectivity index (χ0n) is 12.2. The third kappa shape index (κ3) is 1.73. The molecule has 1 aromatic carbocycles. The van der Waals surface area contributed by atoms with Crippen molar-refractivity contribution in [3.8, 4) is 0 Å². The Labute approximate surface area is 118 Å². The first kappa shape index (κ1) is 12.8. The number of nitrogen functional groups attached to an aromatic ring is 2. The topological polar surface area (TPSA) is 72.6 Å². The van der Waals surface area contributed by atoms with E-state index in [1.165, 1.54) is 5.56 Å². The molecular formula is C15H21N5. The maximum atomic E-state index is 6.12. The van der Waals surface area contributed by atoms with Gasteiger partial charge in [-0.15, -0.1) is 0 Å². The van der Waals surface area contributed by atoms with E-state index in [9.17, 15) is 0 Å². The molecule has 0 unspecified atom stereocenters.